The summed E-state index contributed by atoms with van der Waals surface area (Å²) in [5.41, 5.74) is 5.29. The van der Waals surface area contributed by atoms with Crippen molar-refractivity contribution in [3.8, 4) is 0 Å². The minimum atomic E-state index is 0.341. The summed E-state index contributed by atoms with van der Waals surface area (Å²) in [5, 5.41) is 0. The molecule has 0 aliphatic heterocycles. The predicted molar refractivity (Wildman–Crippen MR) is 86.8 cm³/mol. The van der Waals surface area contributed by atoms with Crippen molar-refractivity contribution in [1.82, 2.24) is 0 Å². The van der Waals surface area contributed by atoms with E-state index >= 15 is 0 Å². The Morgan fingerprint density at radius 3 is 2.71 bits per heavy atom. The number of hydrogen-bond acceptors (Lipinski definition) is 1. The summed E-state index contributed by atoms with van der Waals surface area (Å²) in [6, 6.07) is 8.25. The fourth-order valence-electron chi connectivity index (χ4n) is 3.53. The van der Waals surface area contributed by atoms with E-state index in [1.807, 2.05) is 12.1 Å². The van der Waals surface area contributed by atoms with Crippen molar-refractivity contribution in [2.75, 3.05) is 0 Å². The number of oxazole rings is 1. The van der Waals surface area contributed by atoms with Gasteiger partial charge in [-0.2, -0.15) is 4.57 Å². The third-order valence-corrected chi connectivity index (χ3v) is 4.13. The molecule has 0 saturated heterocycles. The molecule has 1 aromatic heterocycles. The van der Waals surface area contributed by atoms with Crippen molar-refractivity contribution >= 4 is 17.2 Å². The molecule has 2 heteroatoms. The topological polar surface area (TPSA) is 17.0 Å². The lowest BCUT2D eigenvalue weighted by molar-refractivity contribution is -0.674. The first kappa shape index (κ1) is 14.1. The summed E-state index contributed by atoms with van der Waals surface area (Å²) in [5.74, 6) is 0.954. The minimum absolute atomic E-state index is 0.341. The first-order chi connectivity index (χ1) is 9.98. The Morgan fingerprint density at radius 1 is 1.24 bits per heavy atom. The van der Waals surface area contributed by atoms with Crippen molar-refractivity contribution < 1.29 is 8.98 Å². The highest BCUT2D eigenvalue weighted by molar-refractivity contribution is 5.69. The first-order valence-corrected chi connectivity index (χ1v) is 7.78. The van der Waals surface area contributed by atoms with E-state index in [9.17, 15) is 0 Å². The van der Waals surface area contributed by atoms with Gasteiger partial charge in [0.05, 0.1) is 6.08 Å². The van der Waals surface area contributed by atoms with E-state index in [0.29, 0.717) is 5.41 Å². The van der Waals surface area contributed by atoms with Crippen LogP contribution < -0.4 is 4.57 Å². The van der Waals surface area contributed by atoms with Crippen LogP contribution in [-0.4, -0.2) is 0 Å². The van der Waals surface area contributed by atoms with E-state index in [-0.39, 0.29) is 0 Å². The van der Waals surface area contributed by atoms with Gasteiger partial charge in [-0.05, 0) is 43.7 Å². The summed E-state index contributed by atoms with van der Waals surface area (Å²) < 4.78 is 8.30. The zero-order chi connectivity index (χ0) is 15.0. The molecule has 0 atom stereocenters. The van der Waals surface area contributed by atoms with Crippen molar-refractivity contribution in [1.29, 1.82) is 0 Å². The van der Waals surface area contributed by atoms with Crippen LogP contribution in [0.25, 0.3) is 17.2 Å². The van der Waals surface area contributed by atoms with E-state index in [1.54, 1.807) is 0 Å². The Labute approximate surface area is 126 Å². The second-order valence-corrected chi connectivity index (χ2v) is 6.88. The molecule has 0 spiro atoms. The Kier molecular flexibility index (Phi) is 3.48. The highest BCUT2D eigenvalue weighted by atomic mass is 16.3. The Bertz CT molecular complexity index is 731. The lowest BCUT2D eigenvalue weighted by Gasteiger charge is -2.29. The zero-order valence-corrected chi connectivity index (χ0v) is 13.4. The third kappa shape index (κ3) is 2.80. The Hall–Kier alpha value is -1.83. The minimum Gasteiger partial charge on any atom is -0.398 e. The van der Waals surface area contributed by atoms with Gasteiger partial charge >= 0.3 is 5.89 Å². The van der Waals surface area contributed by atoms with Crippen LogP contribution in [0.1, 0.15) is 46.4 Å². The molecule has 1 aromatic carbocycles. The van der Waals surface area contributed by atoms with Gasteiger partial charge in [0.25, 0.3) is 5.52 Å². The predicted octanol–water partition coefficient (Wildman–Crippen LogP) is 4.89. The largest absolute Gasteiger partial charge is 0.398 e. The second kappa shape index (κ2) is 5.18. The van der Waals surface area contributed by atoms with Gasteiger partial charge in [-0.1, -0.05) is 37.6 Å². The van der Waals surface area contributed by atoms with Crippen LogP contribution in [0.5, 0.6) is 0 Å². The maximum atomic E-state index is 6.05. The molecule has 0 unspecified atom stereocenters. The highest BCUT2D eigenvalue weighted by Crippen LogP contribution is 2.38. The van der Waals surface area contributed by atoms with Gasteiger partial charge in [-0.3, -0.25) is 0 Å². The average Bonchev–Trinajstić information content (AvgIpc) is 2.73. The van der Waals surface area contributed by atoms with Crippen LogP contribution in [0.15, 0.2) is 45.9 Å². The molecule has 0 saturated carbocycles. The van der Waals surface area contributed by atoms with Crippen LogP contribution >= 0.6 is 0 Å². The number of benzene rings is 1. The number of nitrogens with zero attached hydrogens (tertiary/aromatic N) is 1. The Morgan fingerprint density at radius 2 is 2.00 bits per heavy atom. The van der Waals surface area contributed by atoms with Gasteiger partial charge < -0.3 is 4.42 Å². The van der Waals surface area contributed by atoms with Gasteiger partial charge in [0.2, 0.25) is 5.58 Å². The van der Waals surface area contributed by atoms with Crippen LogP contribution in [-0.2, 0) is 6.54 Å². The van der Waals surface area contributed by atoms with Crippen molar-refractivity contribution in [3.05, 3.63) is 47.4 Å². The molecule has 2 nitrogen and oxygen atoms in total. The smallest absolute Gasteiger partial charge is 0.374 e. The molecular weight excluding hydrogens is 258 g/mol. The molecule has 110 valence electrons. The third-order valence-electron chi connectivity index (χ3n) is 4.13. The van der Waals surface area contributed by atoms with E-state index in [1.165, 1.54) is 23.1 Å². The number of para-hydroxylation sites is 2. The van der Waals surface area contributed by atoms with E-state index in [4.69, 9.17) is 4.42 Å². The molecule has 21 heavy (non-hydrogen) atoms. The van der Waals surface area contributed by atoms with Crippen molar-refractivity contribution in [2.45, 2.75) is 47.1 Å². The standard InChI is InChI=1S/C19H24NO/c1-5-20-16-8-6-7-9-17(16)21-18(20)11-15-10-14(2)12-19(3,4)13-15/h6-11H,5,12-13H2,1-4H3/q+1/b15-11+. The van der Waals surface area contributed by atoms with Gasteiger partial charge in [-0.15, -0.1) is 0 Å². The molecule has 3 rings (SSSR count). The van der Waals surface area contributed by atoms with Gasteiger partial charge in [0.15, 0.2) is 0 Å². The molecule has 0 amide bonds. The van der Waals surface area contributed by atoms with Crippen molar-refractivity contribution in [2.24, 2.45) is 5.41 Å². The molecule has 0 radical (unpaired) electrons. The van der Waals surface area contributed by atoms with Crippen LogP contribution in [0.3, 0.4) is 0 Å². The molecule has 1 heterocycles. The number of hydrogen-bond donors (Lipinski definition) is 0. The van der Waals surface area contributed by atoms with E-state index in [2.05, 4.69) is 56.5 Å². The zero-order valence-electron chi connectivity index (χ0n) is 13.4. The van der Waals surface area contributed by atoms with Crippen LogP contribution in [0, 0.1) is 5.41 Å². The maximum Gasteiger partial charge on any atom is 0.374 e. The number of aromatic nitrogens is 1. The van der Waals surface area contributed by atoms with Gasteiger partial charge in [-0.25, -0.2) is 0 Å². The van der Waals surface area contributed by atoms with Gasteiger partial charge in [0.1, 0.15) is 6.54 Å². The second-order valence-electron chi connectivity index (χ2n) is 6.88. The van der Waals surface area contributed by atoms with E-state index < -0.39 is 0 Å². The highest BCUT2D eigenvalue weighted by Gasteiger charge is 2.26. The Balaban J connectivity index is 2.09. The van der Waals surface area contributed by atoms with Crippen LogP contribution in [0.4, 0.5) is 0 Å². The number of aryl methyl sites for hydroxylation is 1. The van der Waals surface area contributed by atoms with Crippen LogP contribution in [0.2, 0.25) is 0 Å². The van der Waals surface area contributed by atoms with Gasteiger partial charge in [0, 0.05) is 6.07 Å². The molecule has 2 aromatic rings. The lowest BCUT2D eigenvalue weighted by Crippen LogP contribution is -2.33. The monoisotopic (exact) mass is 282 g/mol. The summed E-state index contributed by atoms with van der Waals surface area (Å²) in [7, 11) is 0. The lowest BCUT2D eigenvalue weighted by atomic mass is 9.75. The summed E-state index contributed by atoms with van der Waals surface area (Å²) >= 11 is 0. The number of rotatable bonds is 2. The molecule has 0 bridgehead atoms. The summed E-state index contributed by atoms with van der Waals surface area (Å²) in [4.78, 5) is 0. The van der Waals surface area contributed by atoms with Crippen molar-refractivity contribution in [3.63, 3.8) is 0 Å². The normalized spacial score (nSPS) is 20.0. The molecule has 0 fully saturated rings. The fourth-order valence-corrected chi connectivity index (χ4v) is 3.53. The number of allylic oxidation sites excluding steroid dienone is 3. The molecular formula is C19H24NO+. The summed E-state index contributed by atoms with van der Waals surface area (Å²) in [6.45, 7) is 9.98. The molecule has 0 N–H and O–H groups in total. The van der Waals surface area contributed by atoms with E-state index in [0.717, 1.165) is 24.4 Å². The number of fused-ring (bicyclic) bond motifs is 1. The first-order valence-electron chi connectivity index (χ1n) is 7.78. The molecule has 1 aliphatic carbocycles. The SMILES string of the molecule is CC[n+]1c(/C=C2\C=C(C)CC(C)(C)C2)oc2ccccc21. The maximum absolute atomic E-state index is 6.05. The fraction of sp³-hybridized carbons (Fsp3) is 0.421. The molecule has 1 aliphatic rings. The summed E-state index contributed by atoms with van der Waals surface area (Å²) in [6.07, 6.45) is 6.82. The average molecular weight is 282 g/mol. The quantitative estimate of drug-likeness (QED) is 0.717.